The van der Waals surface area contributed by atoms with Crippen molar-refractivity contribution < 1.29 is 8.78 Å². The molecule has 17 heavy (non-hydrogen) atoms. The fourth-order valence-corrected chi connectivity index (χ4v) is 2.28. The van der Waals surface area contributed by atoms with Crippen molar-refractivity contribution in [2.45, 2.75) is 25.3 Å². The summed E-state index contributed by atoms with van der Waals surface area (Å²) in [5.41, 5.74) is 0.409. The third-order valence-electron chi connectivity index (χ3n) is 3.08. The van der Waals surface area contributed by atoms with Gasteiger partial charge in [-0.3, -0.25) is 4.90 Å². The van der Waals surface area contributed by atoms with E-state index in [4.69, 9.17) is 0 Å². The first-order valence-corrected chi connectivity index (χ1v) is 5.80. The van der Waals surface area contributed by atoms with E-state index in [1.807, 2.05) is 4.90 Å². The Morgan fingerprint density at radius 3 is 2.18 bits per heavy atom. The number of nitriles is 1. The molecule has 4 heteroatoms. The molecule has 1 aromatic carbocycles. The standard InChI is InChI=1S/C13H14F2N2/c14-11-6-10(7-12(15)8-11)13(9-16)17-4-2-1-3-5-17/h6-8,13H,1-5H2. The third-order valence-corrected chi connectivity index (χ3v) is 3.08. The van der Waals surface area contributed by atoms with Crippen molar-refractivity contribution in [1.82, 2.24) is 4.90 Å². The number of hydrogen-bond acceptors (Lipinski definition) is 2. The zero-order chi connectivity index (χ0) is 12.3. The second-order valence-corrected chi connectivity index (χ2v) is 4.33. The van der Waals surface area contributed by atoms with Gasteiger partial charge in [-0.25, -0.2) is 8.78 Å². The van der Waals surface area contributed by atoms with Crippen LogP contribution in [-0.2, 0) is 0 Å². The van der Waals surface area contributed by atoms with E-state index < -0.39 is 17.7 Å². The molecule has 1 fully saturated rings. The largest absolute Gasteiger partial charge is 0.284 e. The molecule has 2 nitrogen and oxygen atoms in total. The molecule has 0 aromatic heterocycles. The zero-order valence-corrected chi connectivity index (χ0v) is 9.50. The van der Waals surface area contributed by atoms with Gasteiger partial charge >= 0.3 is 0 Å². The normalized spacial score (nSPS) is 18.6. The number of likely N-dealkylation sites (tertiary alicyclic amines) is 1. The lowest BCUT2D eigenvalue weighted by atomic mass is 10.0. The van der Waals surface area contributed by atoms with Crippen molar-refractivity contribution in [3.05, 3.63) is 35.4 Å². The number of rotatable bonds is 2. The number of nitrogens with zero attached hydrogens (tertiary/aromatic N) is 2. The van der Waals surface area contributed by atoms with Crippen LogP contribution in [0.2, 0.25) is 0 Å². The average molecular weight is 236 g/mol. The maximum absolute atomic E-state index is 13.1. The van der Waals surface area contributed by atoms with Crippen molar-refractivity contribution in [2.75, 3.05) is 13.1 Å². The molecule has 0 saturated carbocycles. The minimum Gasteiger partial charge on any atom is -0.284 e. The first-order valence-electron chi connectivity index (χ1n) is 5.80. The first-order chi connectivity index (χ1) is 8.20. The van der Waals surface area contributed by atoms with Crippen LogP contribution in [0.5, 0.6) is 0 Å². The predicted octanol–water partition coefficient (Wildman–Crippen LogP) is 3.02. The van der Waals surface area contributed by atoms with Gasteiger partial charge in [0, 0.05) is 6.07 Å². The van der Waals surface area contributed by atoms with E-state index in [1.54, 1.807) is 0 Å². The highest BCUT2D eigenvalue weighted by Crippen LogP contribution is 2.25. The van der Waals surface area contributed by atoms with Crippen LogP contribution in [-0.4, -0.2) is 18.0 Å². The molecule has 1 aliphatic rings. The zero-order valence-electron chi connectivity index (χ0n) is 9.50. The minimum atomic E-state index is -0.628. The number of hydrogen-bond donors (Lipinski definition) is 0. The summed E-state index contributed by atoms with van der Waals surface area (Å²) in [6.07, 6.45) is 3.23. The Morgan fingerprint density at radius 2 is 1.65 bits per heavy atom. The average Bonchev–Trinajstić information content (AvgIpc) is 2.30. The lowest BCUT2D eigenvalue weighted by molar-refractivity contribution is 0.195. The highest BCUT2D eigenvalue weighted by atomic mass is 19.1. The van der Waals surface area contributed by atoms with Crippen LogP contribution in [0.25, 0.3) is 0 Å². The maximum atomic E-state index is 13.1. The number of halogens is 2. The highest BCUT2D eigenvalue weighted by Gasteiger charge is 2.22. The van der Waals surface area contributed by atoms with Gasteiger partial charge in [0.1, 0.15) is 17.7 Å². The van der Waals surface area contributed by atoms with Gasteiger partial charge in [-0.15, -0.1) is 0 Å². The SMILES string of the molecule is N#CC(c1cc(F)cc(F)c1)N1CCCCC1. The van der Waals surface area contributed by atoms with Crippen LogP contribution < -0.4 is 0 Å². The van der Waals surface area contributed by atoms with Crippen LogP contribution in [0.15, 0.2) is 18.2 Å². The highest BCUT2D eigenvalue weighted by molar-refractivity contribution is 5.26. The van der Waals surface area contributed by atoms with E-state index in [2.05, 4.69) is 6.07 Å². The maximum Gasteiger partial charge on any atom is 0.126 e. The Balaban J connectivity index is 2.25. The molecule has 1 saturated heterocycles. The van der Waals surface area contributed by atoms with E-state index in [1.165, 1.54) is 12.1 Å². The molecule has 0 aliphatic carbocycles. The molecule has 0 amide bonds. The van der Waals surface area contributed by atoms with Crippen molar-refractivity contribution in [2.24, 2.45) is 0 Å². The van der Waals surface area contributed by atoms with Gasteiger partial charge in [0.05, 0.1) is 6.07 Å². The van der Waals surface area contributed by atoms with Gasteiger partial charge in [0.15, 0.2) is 0 Å². The van der Waals surface area contributed by atoms with Crippen LogP contribution in [0.1, 0.15) is 30.9 Å². The molecule has 0 spiro atoms. The van der Waals surface area contributed by atoms with Gasteiger partial charge in [-0.05, 0) is 43.6 Å². The number of piperidine rings is 1. The summed E-state index contributed by atoms with van der Waals surface area (Å²) in [5.74, 6) is -1.26. The lowest BCUT2D eigenvalue weighted by Crippen LogP contribution is -2.33. The summed E-state index contributed by atoms with van der Waals surface area (Å²) in [7, 11) is 0. The summed E-state index contributed by atoms with van der Waals surface area (Å²) < 4.78 is 26.2. The first kappa shape index (κ1) is 12.0. The van der Waals surface area contributed by atoms with Gasteiger partial charge < -0.3 is 0 Å². The number of benzene rings is 1. The van der Waals surface area contributed by atoms with Gasteiger partial charge in [-0.1, -0.05) is 6.42 Å². The van der Waals surface area contributed by atoms with Crippen molar-refractivity contribution in [3.63, 3.8) is 0 Å². The monoisotopic (exact) mass is 236 g/mol. The van der Waals surface area contributed by atoms with E-state index in [0.717, 1.165) is 38.4 Å². The molecule has 0 N–H and O–H groups in total. The van der Waals surface area contributed by atoms with Crippen LogP contribution in [0.4, 0.5) is 8.78 Å². The van der Waals surface area contributed by atoms with E-state index in [9.17, 15) is 14.0 Å². The Kier molecular flexibility index (Phi) is 3.70. The van der Waals surface area contributed by atoms with Crippen molar-refractivity contribution in [1.29, 1.82) is 5.26 Å². The molecule has 1 aromatic rings. The molecule has 1 aliphatic heterocycles. The third kappa shape index (κ3) is 2.80. The smallest absolute Gasteiger partial charge is 0.126 e. The van der Waals surface area contributed by atoms with Gasteiger partial charge in [-0.2, -0.15) is 5.26 Å². The fraction of sp³-hybridized carbons (Fsp3) is 0.462. The molecular formula is C13H14F2N2. The molecule has 90 valence electrons. The van der Waals surface area contributed by atoms with Crippen molar-refractivity contribution >= 4 is 0 Å². The summed E-state index contributed by atoms with van der Waals surface area (Å²) in [5, 5.41) is 9.18. The molecule has 0 radical (unpaired) electrons. The Labute approximate surface area is 99.5 Å². The second kappa shape index (κ2) is 5.24. The van der Waals surface area contributed by atoms with E-state index in [0.29, 0.717) is 5.56 Å². The molecular weight excluding hydrogens is 222 g/mol. The summed E-state index contributed by atoms with van der Waals surface area (Å²) >= 11 is 0. The van der Waals surface area contributed by atoms with Crippen LogP contribution >= 0.6 is 0 Å². The molecule has 1 unspecified atom stereocenters. The van der Waals surface area contributed by atoms with Gasteiger partial charge in [0.2, 0.25) is 0 Å². The predicted molar refractivity (Wildman–Crippen MR) is 60.1 cm³/mol. The minimum absolute atomic E-state index is 0.409. The lowest BCUT2D eigenvalue weighted by Gasteiger charge is -2.30. The summed E-state index contributed by atoms with van der Waals surface area (Å²) in [6, 6.07) is 4.90. The Hall–Kier alpha value is -1.47. The fourth-order valence-electron chi connectivity index (χ4n) is 2.28. The Bertz CT molecular complexity index is 413. The van der Waals surface area contributed by atoms with Crippen LogP contribution in [0, 0.1) is 23.0 Å². The van der Waals surface area contributed by atoms with Gasteiger partial charge in [0.25, 0.3) is 0 Å². The Morgan fingerprint density at radius 1 is 1.06 bits per heavy atom. The summed E-state index contributed by atoms with van der Waals surface area (Å²) in [6.45, 7) is 1.63. The quantitative estimate of drug-likeness (QED) is 0.789. The molecule has 2 rings (SSSR count). The van der Waals surface area contributed by atoms with Crippen molar-refractivity contribution in [3.8, 4) is 6.07 Å². The molecule has 1 atom stereocenters. The summed E-state index contributed by atoms with van der Waals surface area (Å²) in [4.78, 5) is 1.98. The van der Waals surface area contributed by atoms with E-state index >= 15 is 0 Å². The second-order valence-electron chi connectivity index (χ2n) is 4.33. The molecule has 0 bridgehead atoms. The topological polar surface area (TPSA) is 27.0 Å². The van der Waals surface area contributed by atoms with E-state index in [-0.39, 0.29) is 0 Å². The van der Waals surface area contributed by atoms with Crippen LogP contribution in [0.3, 0.4) is 0 Å². The molecule has 1 heterocycles.